The molecule has 0 aliphatic heterocycles. The molecule has 0 aliphatic rings. The summed E-state index contributed by atoms with van der Waals surface area (Å²) < 4.78 is 58.6. The molecule has 0 fully saturated rings. The highest BCUT2D eigenvalue weighted by Crippen LogP contribution is 2.30. The second-order valence-corrected chi connectivity index (χ2v) is 5.84. The average molecular weight is 404 g/mol. The molecule has 0 unspecified atom stereocenters. The van der Waals surface area contributed by atoms with Crippen molar-refractivity contribution in [2.75, 3.05) is 5.32 Å². The number of allylic oxidation sites excluding steroid dienone is 4. The van der Waals surface area contributed by atoms with Gasteiger partial charge in [-0.2, -0.15) is 13.2 Å². The number of fused-ring (bicyclic) bond motifs is 1. The molecule has 0 spiro atoms. The van der Waals surface area contributed by atoms with Gasteiger partial charge in [-0.3, -0.25) is 0 Å². The smallest absolute Gasteiger partial charge is 0.421 e. The summed E-state index contributed by atoms with van der Waals surface area (Å²) in [6.07, 6.45) is -1.79. The molecule has 0 bridgehead atoms. The summed E-state index contributed by atoms with van der Waals surface area (Å²) >= 11 is 0. The third-order valence-electron chi connectivity index (χ3n) is 3.78. The summed E-state index contributed by atoms with van der Waals surface area (Å²) in [4.78, 5) is 7.25. The fraction of sp³-hybridized carbons (Fsp3) is 0.0500. The van der Waals surface area contributed by atoms with E-state index in [0.29, 0.717) is 11.5 Å². The van der Waals surface area contributed by atoms with E-state index >= 15 is 0 Å². The molecule has 0 atom stereocenters. The number of para-hydroxylation sites is 2. The number of hydrogen-bond acceptors (Lipinski definition) is 4. The van der Waals surface area contributed by atoms with E-state index in [4.69, 9.17) is 10.5 Å². The van der Waals surface area contributed by atoms with Gasteiger partial charge < -0.3 is 20.8 Å². The van der Waals surface area contributed by atoms with Crippen LogP contribution >= 0.6 is 0 Å². The molecule has 0 amide bonds. The number of benzene rings is 2. The van der Waals surface area contributed by atoms with Crippen LogP contribution in [0.25, 0.3) is 11.0 Å². The molecule has 0 radical (unpaired) electrons. The van der Waals surface area contributed by atoms with Gasteiger partial charge in [0.15, 0.2) is 0 Å². The molecule has 1 aromatic heterocycles. The fourth-order valence-corrected chi connectivity index (χ4v) is 2.46. The van der Waals surface area contributed by atoms with Crippen molar-refractivity contribution in [3.05, 3.63) is 84.5 Å². The molecule has 2 aromatic carbocycles. The molecule has 5 nitrogen and oxygen atoms in total. The third kappa shape index (κ3) is 4.75. The van der Waals surface area contributed by atoms with E-state index in [9.17, 15) is 17.6 Å². The largest absolute Gasteiger partial charge is 0.441 e. The van der Waals surface area contributed by atoms with E-state index in [1.807, 2.05) is 18.2 Å². The highest BCUT2D eigenvalue weighted by atomic mass is 19.4. The van der Waals surface area contributed by atoms with Crippen LogP contribution in [0.1, 0.15) is 0 Å². The quantitative estimate of drug-likeness (QED) is 0.296. The lowest BCUT2D eigenvalue weighted by Crippen LogP contribution is -2.20. The van der Waals surface area contributed by atoms with Gasteiger partial charge in [0.2, 0.25) is 11.8 Å². The Bertz CT molecular complexity index is 1070. The number of aromatic amines is 1. The van der Waals surface area contributed by atoms with Crippen LogP contribution in [0.5, 0.6) is 5.75 Å². The van der Waals surface area contributed by atoms with Crippen LogP contribution in [0.4, 0.5) is 29.2 Å². The lowest BCUT2D eigenvalue weighted by atomic mass is 10.2. The number of halogens is 4. The molecule has 29 heavy (non-hydrogen) atoms. The number of nitrogens with zero attached hydrogens (tertiary/aromatic N) is 1. The van der Waals surface area contributed by atoms with Crippen molar-refractivity contribution >= 4 is 22.7 Å². The topological polar surface area (TPSA) is 76.0 Å². The maximum absolute atomic E-state index is 14.4. The highest BCUT2D eigenvalue weighted by Gasteiger charge is 2.35. The van der Waals surface area contributed by atoms with Gasteiger partial charge in [-0.1, -0.05) is 30.9 Å². The standard InChI is InChI=1S/C20H16F4N4O/c1-2-3-6-13(20(22,23)24)18(25)29-12-9-10-15(14(21)11-12)26-19-27-16-7-4-5-8-17(16)28-19/h2-11H,1,25H2,(H2,26,27,28)/b6-3-,18-13-. The van der Waals surface area contributed by atoms with Gasteiger partial charge in [0.05, 0.1) is 16.7 Å². The summed E-state index contributed by atoms with van der Waals surface area (Å²) in [5.41, 5.74) is 5.74. The molecule has 150 valence electrons. The highest BCUT2D eigenvalue weighted by molar-refractivity contribution is 5.78. The van der Waals surface area contributed by atoms with E-state index in [0.717, 1.165) is 29.8 Å². The number of hydrogen-bond donors (Lipinski definition) is 3. The molecule has 0 saturated carbocycles. The molecule has 3 rings (SSSR count). The molecule has 3 aromatic rings. The van der Waals surface area contributed by atoms with Gasteiger partial charge in [0.1, 0.15) is 17.1 Å². The maximum atomic E-state index is 14.4. The van der Waals surface area contributed by atoms with Crippen molar-refractivity contribution in [3.8, 4) is 5.75 Å². The lowest BCUT2D eigenvalue weighted by Gasteiger charge is -2.13. The summed E-state index contributed by atoms with van der Waals surface area (Å²) in [5, 5.41) is 2.77. The number of rotatable bonds is 6. The minimum Gasteiger partial charge on any atom is -0.441 e. The second-order valence-electron chi connectivity index (χ2n) is 5.84. The van der Waals surface area contributed by atoms with Crippen LogP contribution in [-0.4, -0.2) is 16.1 Å². The number of nitrogens with two attached hydrogens (primary N) is 1. The second kappa shape index (κ2) is 8.09. The Hall–Kier alpha value is -3.75. The van der Waals surface area contributed by atoms with E-state index < -0.39 is 23.4 Å². The first-order valence-corrected chi connectivity index (χ1v) is 8.33. The molecule has 4 N–H and O–H groups in total. The van der Waals surface area contributed by atoms with Crippen LogP contribution < -0.4 is 15.8 Å². The third-order valence-corrected chi connectivity index (χ3v) is 3.78. The predicted molar refractivity (Wildman–Crippen MR) is 103 cm³/mol. The minimum atomic E-state index is -4.75. The first-order valence-electron chi connectivity index (χ1n) is 8.33. The summed E-state index contributed by atoms with van der Waals surface area (Å²) in [6.45, 7) is 3.30. The first-order chi connectivity index (χ1) is 13.8. The number of alkyl halides is 3. The number of aromatic nitrogens is 2. The van der Waals surface area contributed by atoms with E-state index in [1.54, 1.807) is 6.07 Å². The van der Waals surface area contributed by atoms with Crippen LogP contribution in [0.3, 0.4) is 0 Å². The zero-order valence-electron chi connectivity index (χ0n) is 14.9. The molecule has 9 heteroatoms. The van der Waals surface area contributed by atoms with Crippen LogP contribution in [0, 0.1) is 5.82 Å². The van der Waals surface area contributed by atoms with Gasteiger partial charge in [0.25, 0.3) is 0 Å². The van der Waals surface area contributed by atoms with Crippen molar-refractivity contribution in [1.29, 1.82) is 0 Å². The monoisotopic (exact) mass is 404 g/mol. The summed E-state index contributed by atoms with van der Waals surface area (Å²) in [6, 6.07) is 10.8. The van der Waals surface area contributed by atoms with Gasteiger partial charge in [-0.05, 0) is 30.3 Å². The Morgan fingerprint density at radius 3 is 2.62 bits per heavy atom. The Labute approximate surface area is 163 Å². The van der Waals surface area contributed by atoms with Crippen LogP contribution in [0.15, 0.2) is 78.7 Å². The predicted octanol–water partition coefficient (Wildman–Crippen LogP) is 5.30. The van der Waals surface area contributed by atoms with E-state index in [-0.39, 0.29) is 11.4 Å². The number of nitrogens with one attached hydrogen (secondary N) is 2. The number of imidazole rings is 1. The Balaban J connectivity index is 1.82. The summed E-state index contributed by atoms with van der Waals surface area (Å²) in [5.74, 6) is -1.55. The molecule has 0 saturated heterocycles. The Morgan fingerprint density at radius 2 is 1.97 bits per heavy atom. The molecule has 0 aliphatic carbocycles. The molecule has 1 heterocycles. The van der Waals surface area contributed by atoms with Crippen LogP contribution in [-0.2, 0) is 0 Å². The zero-order chi connectivity index (χ0) is 21.0. The van der Waals surface area contributed by atoms with Crippen molar-refractivity contribution in [2.24, 2.45) is 5.73 Å². The van der Waals surface area contributed by atoms with Gasteiger partial charge >= 0.3 is 6.18 Å². The van der Waals surface area contributed by atoms with Crippen molar-refractivity contribution in [1.82, 2.24) is 9.97 Å². The minimum absolute atomic E-state index is 0.0570. The van der Waals surface area contributed by atoms with Crippen LogP contribution in [0.2, 0.25) is 0 Å². The number of anilines is 2. The van der Waals surface area contributed by atoms with Gasteiger partial charge in [-0.15, -0.1) is 0 Å². The first kappa shape index (κ1) is 20.0. The average Bonchev–Trinajstić information content (AvgIpc) is 3.05. The summed E-state index contributed by atoms with van der Waals surface area (Å²) in [7, 11) is 0. The van der Waals surface area contributed by atoms with E-state index in [1.165, 1.54) is 12.1 Å². The van der Waals surface area contributed by atoms with E-state index in [2.05, 4.69) is 21.9 Å². The number of ether oxygens (including phenoxy) is 1. The fourth-order valence-electron chi connectivity index (χ4n) is 2.46. The van der Waals surface area contributed by atoms with Crippen molar-refractivity contribution in [3.63, 3.8) is 0 Å². The lowest BCUT2D eigenvalue weighted by molar-refractivity contribution is -0.0906. The molecular weight excluding hydrogens is 388 g/mol. The normalized spacial score (nSPS) is 12.8. The zero-order valence-corrected chi connectivity index (χ0v) is 14.9. The number of H-pyrrole nitrogens is 1. The van der Waals surface area contributed by atoms with Gasteiger partial charge in [0, 0.05) is 6.07 Å². The SMILES string of the molecule is C=C/C=C\C(=C(/N)Oc1ccc(Nc2nc3ccccc3[nH]2)c(F)c1)C(F)(F)F. The van der Waals surface area contributed by atoms with Crippen molar-refractivity contribution in [2.45, 2.75) is 6.18 Å². The maximum Gasteiger partial charge on any atom is 0.421 e. The van der Waals surface area contributed by atoms with Gasteiger partial charge in [-0.25, -0.2) is 9.37 Å². The Morgan fingerprint density at radius 1 is 1.21 bits per heavy atom. The Kier molecular flexibility index (Phi) is 5.58. The van der Waals surface area contributed by atoms with Crippen molar-refractivity contribution < 1.29 is 22.3 Å². The molecular formula is C20H16F4N4O.